The number of nitrogens with zero attached hydrogens (tertiary/aromatic N) is 1. The molecule has 1 fully saturated rings. The maximum absolute atomic E-state index is 12.6. The van der Waals surface area contributed by atoms with Gasteiger partial charge in [-0.3, -0.25) is 0 Å². The first-order chi connectivity index (χ1) is 10.8. The molecule has 0 saturated carbocycles. The molecule has 1 heterocycles. The van der Waals surface area contributed by atoms with E-state index in [1.54, 1.807) is 11.8 Å². The average molecular weight is 330 g/mol. The monoisotopic (exact) mass is 330 g/mol. The quantitative estimate of drug-likeness (QED) is 0.895. The van der Waals surface area contributed by atoms with Gasteiger partial charge in [-0.05, 0) is 48.9 Å². The SMILES string of the molecule is Cc1cc(C(F)(F)F)ccc1CNC(=O)N1CCCC(CO)C1. The highest BCUT2D eigenvalue weighted by atomic mass is 19.4. The molecule has 2 N–H and O–H groups in total. The summed E-state index contributed by atoms with van der Waals surface area (Å²) in [6, 6.07) is 3.26. The molecule has 2 rings (SSSR count). The summed E-state index contributed by atoms with van der Waals surface area (Å²) in [5.74, 6) is 0.0994. The summed E-state index contributed by atoms with van der Waals surface area (Å²) in [6.45, 7) is 2.98. The highest BCUT2D eigenvalue weighted by Crippen LogP contribution is 2.30. The number of aryl methyl sites for hydroxylation is 1. The molecule has 1 aliphatic heterocycles. The van der Waals surface area contributed by atoms with E-state index < -0.39 is 11.7 Å². The number of halogens is 3. The van der Waals surface area contributed by atoms with Crippen molar-refractivity contribution in [1.29, 1.82) is 0 Å². The van der Waals surface area contributed by atoms with Crippen molar-refractivity contribution in [3.8, 4) is 0 Å². The Balaban J connectivity index is 1.94. The lowest BCUT2D eigenvalue weighted by atomic mass is 9.99. The van der Waals surface area contributed by atoms with E-state index in [9.17, 15) is 23.1 Å². The van der Waals surface area contributed by atoms with Gasteiger partial charge in [0.2, 0.25) is 0 Å². The number of aliphatic hydroxyl groups is 1. The maximum Gasteiger partial charge on any atom is 0.416 e. The normalized spacial score (nSPS) is 18.8. The van der Waals surface area contributed by atoms with Gasteiger partial charge in [-0.25, -0.2) is 4.79 Å². The molecule has 23 heavy (non-hydrogen) atoms. The Morgan fingerprint density at radius 3 is 2.78 bits per heavy atom. The highest BCUT2D eigenvalue weighted by molar-refractivity contribution is 5.74. The Hall–Kier alpha value is -1.76. The van der Waals surface area contributed by atoms with Crippen molar-refractivity contribution in [3.05, 3.63) is 34.9 Å². The van der Waals surface area contributed by atoms with Crippen LogP contribution in [0.5, 0.6) is 0 Å². The van der Waals surface area contributed by atoms with E-state index in [1.165, 1.54) is 6.07 Å². The first-order valence-corrected chi connectivity index (χ1v) is 7.61. The van der Waals surface area contributed by atoms with Crippen LogP contribution in [0.4, 0.5) is 18.0 Å². The molecule has 7 heteroatoms. The molecule has 1 unspecified atom stereocenters. The number of likely N-dealkylation sites (tertiary alicyclic amines) is 1. The van der Waals surface area contributed by atoms with Crippen molar-refractivity contribution in [3.63, 3.8) is 0 Å². The molecule has 1 aromatic rings. The topological polar surface area (TPSA) is 52.6 Å². The molecular formula is C16H21F3N2O2. The summed E-state index contributed by atoms with van der Waals surface area (Å²) < 4.78 is 37.9. The molecule has 0 bridgehead atoms. The first kappa shape index (κ1) is 17.6. The number of alkyl halides is 3. The van der Waals surface area contributed by atoms with Gasteiger partial charge in [0.25, 0.3) is 0 Å². The predicted molar refractivity (Wildman–Crippen MR) is 79.8 cm³/mol. The smallest absolute Gasteiger partial charge is 0.396 e. The Morgan fingerprint density at radius 2 is 2.17 bits per heavy atom. The largest absolute Gasteiger partial charge is 0.416 e. The van der Waals surface area contributed by atoms with Crippen molar-refractivity contribution in [2.45, 2.75) is 32.5 Å². The summed E-state index contributed by atoms with van der Waals surface area (Å²) in [5, 5.41) is 11.9. The number of carbonyl (C=O) groups excluding carboxylic acids is 1. The number of hydrogen-bond acceptors (Lipinski definition) is 2. The number of amides is 2. The van der Waals surface area contributed by atoms with Gasteiger partial charge in [0, 0.05) is 26.2 Å². The molecule has 1 aliphatic rings. The van der Waals surface area contributed by atoms with Crippen LogP contribution in [0, 0.1) is 12.8 Å². The fourth-order valence-electron chi connectivity index (χ4n) is 2.75. The Bertz CT molecular complexity index is 561. The van der Waals surface area contributed by atoms with Gasteiger partial charge in [0.05, 0.1) is 5.56 Å². The molecule has 0 aromatic heterocycles. The number of benzene rings is 1. The van der Waals surface area contributed by atoms with Crippen LogP contribution in [0.3, 0.4) is 0 Å². The van der Waals surface area contributed by atoms with Crippen LogP contribution in [-0.4, -0.2) is 35.7 Å². The van der Waals surface area contributed by atoms with Gasteiger partial charge in [-0.2, -0.15) is 13.2 Å². The molecule has 1 atom stereocenters. The number of hydrogen-bond donors (Lipinski definition) is 2. The summed E-state index contributed by atoms with van der Waals surface area (Å²) in [7, 11) is 0. The Kier molecular flexibility index (Phi) is 5.51. The molecule has 0 spiro atoms. The number of rotatable bonds is 3. The Morgan fingerprint density at radius 1 is 1.43 bits per heavy atom. The van der Waals surface area contributed by atoms with Gasteiger partial charge in [-0.1, -0.05) is 6.07 Å². The van der Waals surface area contributed by atoms with Crippen molar-refractivity contribution < 1.29 is 23.1 Å². The van der Waals surface area contributed by atoms with Gasteiger partial charge in [0.15, 0.2) is 0 Å². The van der Waals surface area contributed by atoms with Gasteiger partial charge in [-0.15, -0.1) is 0 Å². The summed E-state index contributed by atoms with van der Waals surface area (Å²) >= 11 is 0. The highest BCUT2D eigenvalue weighted by Gasteiger charge is 2.30. The van der Waals surface area contributed by atoms with E-state index in [1.807, 2.05) is 0 Å². The van der Waals surface area contributed by atoms with E-state index in [4.69, 9.17) is 0 Å². The van der Waals surface area contributed by atoms with Gasteiger partial charge in [0.1, 0.15) is 0 Å². The van der Waals surface area contributed by atoms with Crippen molar-refractivity contribution in [2.75, 3.05) is 19.7 Å². The number of nitrogens with one attached hydrogen (secondary N) is 1. The summed E-state index contributed by atoms with van der Waals surface area (Å²) in [5.41, 5.74) is 0.459. The summed E-state index contributed by atoms with van der Waals surface area (Å²) in [6.07, 6.45) is -2.62. The molecule has 4 nitrogen and oxygen atoms in total. The standard InChI is InChI=1S/C16H21F3N2O2/c1-11-7-14(16(17,18)19)5-4-13(11)8-20-15(23)21-6-2-3-12(9-21)10-22/h4-5,7,12,22H,2-3,6,8-10H2,1H3,(H,20,23). The average Bonchev–Trinajstić information content (AvgIpc) is 2.52. The molecule has 0 radical (unpaired) electrons. The van der Waals surface area contributed by atoms with Crippen LogP contribution in [0.25, 0.3) is 0 Å². The third-order valence-electron chi connectivity index (χ3n) is 4.16. The lowest BCUT2D eigenvalue weighted by Crippen LogP contribution is -2.46. The number of urea groups is 1. The van der Waals surface area contributed by atoms with Crippen molar-refractivity contribution >= 4 is 6.03 Å². The van der Waals surface area contributed by atoms with Crippen LogP contribution >= 0.6 is 0 Å². The number of aliphatic hydroxyl groups excluding tert-OH is 1. The van der Waals surface area contributed by atoms with Crippen LogP contribution in [-0.2, 0) is 12.7 Å². The third-order valence-corrected chi connectivity index (χ3v) is 4.16. The zero-order valence-corrected chi connectivity index (χ0v) is 13.0. The van der Waals surface area contributed by atoms with Crippen LogP contribution in [0.1, 0.15) is 29.5 Å². The van der Waals surface area contributed by atoms with E-state index >= 15 is 0 Å². The Labute approximate surface area is 133 Å². The van der Waals surface area contributed by atoms with E-state index in [-0.39, 0.29) is 25.1 Å². The molecule has 0 aliphatic carbocycles. The van der Waals surface area contributed by atoms with Crippen molar-refractivity contribution in [1.82, 2.24) is 10.2 Å². The number of piperidine rings is 1. The molecule has 128 valence electrons. The van der Waals surface area contributed by atoms with Crippen LogP contribution in [0.15, 0.2) is 18.2 Å². The zero-order valence-electron chi connectivity index (χ0n) is 13.0. The first-order valence-electron chi connectivity index (χ1n) is 7.61. The fourth-order valence-corrected chi connectivity index (χ4v) is 2.75. The molecule has 1 saturated heterocycles. The second-order valence-corrected chi connectivity index (χ2v) is 5.93. The predicted octanol–water partition coefficient (Wildman–Crippen LogP) is 2.93. The third kappa shape index (κ3) is 4.60. The van der Waals surface area contributed by atoms with Crippen LogP contribution < -0.4 is 5.32 Å². The number of carbonyl (C=O) groups is 1. The van der Waals surface area contributed by atoms with Gasteiger partial charge < -0.3 is 15.3 Å². The van der Waals surface area contributed by atoms with E-state index in [0.717, 1.165) is 25.0 Å². The fraction of sp³-hybridized carbons (Fsp3) is 0.562. The van der Waals surface area contributed by atoms with E-state index in [0.29, 0.717) is 24.2 Å². The van der Waals surface area contributed by atoms with E-state index in [2.05, 4.69) is 5.32 Å². The molecule has 1 aromatic carbocycles. The lowest BCUT2D eigenvalue weighted by Gasteiger charge is -2.31. The minimum Gasteiger partial charge on any atom is -0.396 e. The lowest BCUT2D eigenvalue weighted by molar-refractivity contribution is -0.137. The minimum absolute atomic E-state index is 0.0573. The molecular weight excluding hydrogens is 309 g/mol. The van der Waals surface area contributed by atoms with Crippen LogP contribution in [0.2, 0.25) is 0 Å². The molecule has 2 amide bonds. The second-order valence-electron chi connectivity index (χ2n) is 5.93. The minimum atomic E-state index is -4.36. The summed E-state index contributed by atoms with van der Waals surface area (Å²) in [4.78, 5) is 13.8. The van der Waals surface area contributed by atoms with Gasteiger partial charge >= 0.3 is 12.2 Å². The zero-order chi connectivity index (χ0) is 17.0. The maximum atomic E-state index is 12.6. The van der Waals surface area contributed by atoms with Crippen molar-refractivity contribution in [2.24, 2.45) is 5.92 Å². The second kappa shape index (κ2) is 7.21.